The van der Waals surface area contributed by atoms with Crippen LogP contribution in [0.3, 0.4) is 0 Å². The minimum Gasteiger partial charge on any atom is -0.388 e. The van der Waals surface area contributed by atoms with Crippen molar-refractivity contribution in [3.8, 4) is 0 Å². The van der Waals surface area contributed by atoms with Crippen molar-refractivity contribution in [1.29, 1.82) is 0 Å². The third kappa shape index (κ3) is 3.78. The van der Waals surface area contributed by atoms with Gasteiger partial charge in [0.15, 0.2) is 0 Å². The number of carbonyl (C=O) groups excluding carboxylic acids is 2. The monoisotopic (exact) mass is 472 g/mol. The number of benzene rings is 2. The summed E-state index contributed by atoms with van der Waals surface area (Å²) in [5.74, 6) is -0.334. The number of thioether (sulfide) groups is 1. The average Bonchev–Trinajstić information content (AvgIpc) is 3.55. The number of fused-ring (bicyclic) bond motifs is 1. The molecular weight excluding hydrogens is 453 g/mol. The van der Waals surface area contributed by atoms with Crippen molar-refractivity contribution in [3.63, 3.8) is 0 Å². The molecule has 2 fully saturated rings. The van der Waals surface area contributed by atoms with Gasteiger partial charge in [-0.15, -0.1) is 0 Å². The first-order chi connectivity index (χ1) is 15.7. The van der Waals surface area contributed by atoms with E-state index in [0.717, 1.165) is 27.1 Å². The highest BCUT2D eigenvalue weighted by molar-refractivity contribution is 8.00. The summed E-state index contributed by atoms with van der Waals surface area (Å²) in [5.41, 5.74) is -2.47. The van der Waals surface area contributed by atoms with Crippen molar-refractivity contribution in [1.82, 2.24) is 9.88 Å². The Morgan fingerprint density at radius 1 is 1.09 bits per heavy atom. The molecule has 3 amide bonds. The second-order valence-electron chi connectivity index (χ2n) is 8.03. The number of anilines is 2. The molecule has 1 saturated heterocycles. The van der Waals surface area contributed by atoms with Crippen LogP contribution in [-0.2, 0) is 11.3 Å². The Morgan fingerprint density at radius 3 is 2.45 bits per heavy atom. The number of urea groups is 1. The summed E-state index contributed by atoms with van der Waals surface area (Å²) in [7, 11) is 1.82. The molecule has 0 radical (unpaired) electrons. The maximum absolute atomic E-state index is 13.3. The van der Waals surface area contributed by atoms with E-state index in [9.17, 15) is 22.8 Å². The molecule has 170 valence electrons. The molecule has 1 aromatic heterocycles. The molecule has 1 aliphatic heterocycles. The van der Waals surface area contributed by atoms with Gasteiger partial charge in [-0.3, -0.25) is 9.78 Å². The number of nitrogens with one attached hydrogen (secondary N) is 1. The minimum absolute atomic E-state index is 0.00692. The van der Waals surface area contributed by atoms with Crippen molar-refractivity contribution in [3.05, 3.63) is 60.3 Å². The van der Waals surface area contributed by atoms with Crippen LogP contribution in [-0.4, -0.2) is 39.9 Å². The fourth-order valence-electron chi connectivity index (χ4n) is 4.23. The molecule has 0 bridgehead atoms. The Hall–Kier alpha value is -3.27. The molecule has 2 aliphatic rings. The first-order valence-electron chi connectivity index (χ1n) is 10.3. The van der Waals surface area contributed by atoms with Crippen LogP contribution in [0.5, 0.6) is 0 Å². The van der Waals surface area contributed by atoms with Crippen LogP contribution < -0.4 is 10.2 Å². The van der Waals surface area contributed by atoms with Gasteiger partial charge in [-0.25, -0.2) is 9.69 Å². The van der Waals surface area contributed by atoms with E-state index >= 15 is 0 Å². The number of pyridine rings is 1. The fraction of sp³-hybridized carbons (Fsp3) is 0.261. The number of amides is 3. The van der Waals surface area contributed by atoms with Gasteiger partial charge in [0.2, 0.25) is 0 Å². The van der Waals surface area contributed by atoms with E-state index in [2.05, 4.69) is 10.3 Å². The molecule has 1 saturated carbocycles. The molecule has 0 unspecified atom stereocenters. The molecule has 2 aromatic carbocycles. The maximum atomic E-state index is 13.3. The van der Waals surface area contributed by atoms with Crippen molar-refractivity contribution < 1.29 is 22.8 Å². The lowest BCUT2D eigenvalue weighted by atomic mass is 10.1. The number of alkyl halides is 3. The summed E-state index contributed by atoms with van der Waals surface area (Å²) in [6.45, 7) is 0.237. The highest BCUT2D eigenvalue weighted by Gasteiger charge is 2.65. The van der Waals surface area contributed by atoms with Crippen molar-refractivity contribution in [2.24, 2.45) is 0 Å². The van der Waals surface area contributed by atoms with E-state index in [1.807, 2.05) is 31.3 Å². The van der Waals surface area contributed by atoms with Crippen LogP contribution in [0.25, 0.3) is 10.9 Å². The van der Waals surface area contributed by atoms with Gasteiger partial charge >= 0.3 is 11.5 Å². The zero-order valence-electron chi connectivity index (χ0n) is 17.5. The van der Waals surface area contributed by atoms with E-state index in [4.69, 9.17) is 0 Å². The van der Waals surface area contributed by atoms with Gasteiger partial charge in [-0.2, -0.15) is 13.2 Å². The molecule has 6 nitrogen and oxygen atoms in total. The van der Waals surface area contributed by atoms with Crippen LogP contribution >= 0.6 is 11.8 Å². The first kappa shape index (κ1) is 21.6. The molecule has 3 aromatic rings. The number of carbonyl (C=O) groups is 2. The zero-order chi connectivity index (χ0) is 23.4. The molecule has 10 heteroatoms. The highest BCUT2D eigenvalue weighted by Crippen LogP contribution is 2.50. The Kier molecular flexibility index (Phi) is 5.00. The number of halogens is 3. The third-order valence-electron chi connectivity index (χ3n) is 6.04. The molecule has 1 aliphatic carbocycles. The van der Waals surface area contributed by atoms with Crippen molar-refractivity contribution in [2.75, 3.05) is 17.3 Å². The van der Waals surface area contributed by atoms with Crippen LogP contribution in [0.4, 0.5) is 29.3 Å². The van der Waals surface area contributed by atoms with Gasteiger partial charge in [0.05, 0.1) is 11.2 Å². The van der Waals surface area contributed by atoms with Crippen LogP contribution in [0, 0.1) is 0 Å². The molecule has 2 heterocycles. The largest absolute Gasteiger partial charge is 0.446 e. The molecule has 5 rings (SSSR count). The summed E-state index contributed by atoms with van der Waals surface area (Å²) < 4.78 is 37.9. The molecular formula is C23H19F3N4O2S. The summed E-state index contributed by atoms with van der Waals surface area (Å²) >= 11 is -0.237. The average molecular weight is 472 g/mol. The van der Waals surface area contributed by atoms with Gasteiger partial charge in [0, 0.05) is 35.8 Å². The van der Waals surface area contributed by atoms with E-state index in [0.29, 0.717) is 12.8 Å². The SMILES string of the molecule is CNc1ccc2c(CN3C(=O)N(c4ccc(SC(F)(F)F)cc4)C(=O)C34CC4)ccnc2c1. The number of hydrogen-bond acceptors (Lipinski definition) is 5. The van der Waals surface area contributed by atoms with Gasteiger partial charge in [0.1, 0.15) is 5.54 Å². The quantitative estimate of drug-likeness (QED) is 0.399. The smallest absolute Gasteiger partial charge is 0.388 e. The van der Waals surface area contributed by atoms with Gasteiger partial charge in [-0.05, 0) is 72.6 Å². The van der Waals surface area contributed by atoms with Crippen LogP contribution in [0.15, 0.2) is 59.6 Å². The predicted molar refractivity (Wildman–Crippen MR) is 120 cm³/mol. The van der Waals surface area contributed by atoms with Gasteiger partial charge < -0.3 is 10.2 Å². The van der Waals surface area contributed by atoms with E-state index in [1.165, 1.54) is 24.3 Å². The molecule has 1 N–H and O–H groups in total. The van der Waals surface area contributed by atoms with E-state index in [-0.39, 0.29) is 34.8 Å². The molecule has 0 atom stereocenters. The summed E-state index contributed by atoms with van der Waals surface area (Å²) in [6, 6.07) is 12.4. The summed E-state index contributed by atoms with van der Waals surface area (Å²) in [5, 5.41) is 3.96. The van der Waals surface area contributed by atoms with Gasteiger partial charge in [-0.1, -0.05) is 6.07 Å². The summed E-state index contributed by atoms with van der Waals surface area (Å²) in [6.07, 6.45) is 2.79. The lowest BCUT2D eigenvalue weighted by Gasteiger charge is -2.22. The Labute approximate surface area is 191 Å². The third-order valence-corrected chi connectivity index (χ3v) is 6.78. The minimum atomic E-state index is -4.41. The van der Waals surface area contributed by atoms with Crippen molar-refractivity contribution in [2.45, 2.75) is 35.3 Å². The second-order valence-corrected chi connectivity index (χ2v) is 9.17. The standard InChI is InChI=1S/C23H19F3N4O2S/c1-27-15-2-7-18-14(8-11-28-19(18)12-15)13-29-21(32)30(20(31)22(29)9-10-22)16-3-5-17(6-4-16)33-23(24,25)26/h2-8,11-12,27H,9-10,13H2,1H3. The topological polar surface area (TPSA) is 65.5 Å². The van der Waals surface area contributed by atoms with Crippen LogP contribution in [0.1, 0.15) is 18.4 Å². The normalized spacial score (nSPS) is 17.3. The van der Waals surface area contributed by atoms with E-state index < -0.39 is 17.1 Å². The van der Waals surface area contributed by atoms with E-state index in [1.54, 1.807) is 11.1 Å². The lowest BCUT2D eigenvalue weighted by molar-refractivity contribution is -0.120. The molecule has 33 heavy (non-hydrogen) atoms. The number of hydrogen-bond donors (Lipinski definition) is 1. The summed E-state index contributed by atoms with van der Waals surface area (Å²) in [4.78, 5) is 33.6. The number of nitrogens with zero attached hydrogens (tertiary/aromatic N) is 3. The Bertz CT molecular complexity index is 1260. The van der Waals surface area contributed by atoms with Gasteiger partial charge in [0.25, 0.3) is 5.91 Å². The van der Waals surface area contributed by atoms with Crippen LogP contribution in [0.2, 0.25) is 0 Å². The Morgan fingerprint density at radius 2 is 1.82 bits per heavy atom. The second kappa shape index (κ2) is 7.65. The van der Waals surface area contributed by atoms with Crippen molar-refractivity contribution >= 4 is 46.0 Å². The number of aromatic nitrogens is 1. The zero-order valence-corrected chi connectivity index (χ0v) is 18.3. The molecule has 1 spiro atoms. The predicted octanol–water partition coefficient (Wildman–Crippen LogP) is 5.39. The highest BCUT2D eigenvalue weighted by atomic mass is 32.2. The first-order valence-corrected chi connectivity index (χ1v) is 11.1. The lowest BCUT2D eigenvalue weighted by Crippen LogP contribution is -2.36. The Balaban J connectivity index is 1.44. The fourth-order valence-corrected chi connectivity index (χ4v) is 4.77. The number of imide groups is 1. The number of rotatable bonds is 5. The maximum Gasteiger partial charge on any atom is 0.446 e.